The number of nitro groups is 1. The highest BCUT2D eigenvalue weighted by Crippen LogP contribution is 2.15. The van der Waals surface area contributed by atoms with Gasteiger partial charge in [-0.2, -0.15) is 5.10 Å². The molecule has 1 fully saturated rings. The van der Waals surface area contributed by atoms with Crippen LogP contribution in [-0.4, -0.2) is 39.2 Å². The fourth-order valence-corrected chi connectivity index (χ4v) is 2.80. The van der Waals surface area contributed by atoms with Crippen LogP contribution in [0.3, 0.4) is 0 Å². The van der Waals surface area contributed by atoms with Gasteiger partial charge in [-0.3, -0.25) is 14.9 Å². The second-order valence-electron chi connectivity index (χ2n) is 5.88. The molecule has 0 saturated carbocycles. The molecule has 8 nitrogen and oxygen atoms in total. The smallest absolute Gasteiger partial charge is 0.272 e. The Morgan fingerprint density at radius 3 is 2.72 bits per heavy atom. The van der Waals surface area contributed by atoms with E-state index < -0.39 is 4.92 Å². The Morgan fingerprint density at radius 2 is 2.08 bits per heavy atom. The van der Waals surface area contributed by atoms with Gasteiger partial charge in [-0.15, -0.1) is 12.4 Å². The molecule has 1 aliphatic heterocycles. The molecule has 0 aliphatic carbocycles. The third-order valence-electron chi connectivity index (χ3n) is 4.23. The summed E-state index contributed by atoms with van der Waals surface area (Å²) in [4.78, 5) is 22.6. The predicted octanol–water partition coefficient (Wildman–Crippen LogP) is 2.07. The summed E-state index contributed by atoms with van der Waals surface area (Å²) in [6.07, 6.45) is 3.65. The molecule has 3 rings (SSSR count). The summed E-state index contributed by atoms with van der Waals surface area (Å²) >= 11 is 0. The van der Waals surface area contributed by atoms with Crippen LogP contribution in [0, 0.1) is 10.1 Å². The number of nitrogens with one attached hydrogen (secondary N) is 2. The van der Waals surface area contributed by atoms with Crippen molar-refractivity contribution in [2.75, 3.05) is 6.54 Å². The van der Waals surface area contributed by atoms with Gasteiger partial charge in [0.25, 0.3) is 11.6 Å². The number of hydrogen-bond acceptors (Lipinski definition) is 5. The van der Waals surface area contributed by atoms with Crippen molar-refractivity contribution >= 4 is 24.0 Å². The van der Waals surface area contributed by atoms with Gasteiger partial charge in [0.2, 0.25) is 0 Å². The van der Waals surface area contributed by atoms with Crippen LogP contribution >= 0.6 is 12.4 Å². The molecule has 25 heavy (non-hydrogen) atoms. The first-order valence-electron chi connectivity index (χ1n) is 7.89. The van der Waals surface area contributed by atoms with Gasteiger partial charge in [0, 0.05) is 30.4 Å². The van der Waals surface area contributed by atoms with E-state index in [0.29, 0.717) is 11.4 Å². The number of aromatic nitrogens is 2. The fraction of sp³-hybridized carbons (Fsp3) is 0.375. The van der Waals surface area contributed by atoms with Gasteiger partial charge in [-0.25, -0.2) is 4.68 Å². The average molecular weight is 366 g/mol. The van der Waals surface area contributed by atoms with Gasteiger partial charge in [0.1, 0.15) is 0 Å². The third-order valence-corrected chi connectivity index (χ3v) is 4.23. The predicted molar refractivity (Wildman–Crippen MR) is 95.4 cm³/mol. The molecule has 0 radical (unpaired) electrons. The lowest BCUT2D eigenvalue weighted by atomic mass is 10.00. The van der Waals surface area contributed by atoms with Gasteiger partial charge in [-0.05, 0) is 44.5 Å². The fourth-order valence-electron chi connectivity index (χ4n) is 2.80. The van der Waals surface area contributed by atoms with E-state index in [9.17, 15) is 14.9 Å². The van der Waals surface area contributed by atoms with Crippen molar-refractivity contribution in [1.29, 1.82) is 0 Å². The number of non-ortho nitro benzene ring substituents is 1. The first kappa shape index (κ1) is 18.9. The molecule has 2 heterocycles. The van der Waals surface area contributed by atoms with Gasteiger partial charge >= 0.3 is 0 Å². The van der Waals surface area contributed by atoms with Crippen molar-refractivity contribution in [2.24, 2.45) is 0 Å². The number of hydrogen-bond donors (Lipinski definition) is 2. The van der Waals surface area contributed by atoms with E-state index in [4.69, 9.17) is 0 Å². The largest absolute Gasteiger partial charge is 0.346 e. The second-order valence-corrected chi connectivity index (χ2v) is 5.88. The van der Waals surface area contributed by atoms with Crippen LogP contribution in [0.2, 0.25) is 0 Å². The van der Waals surface area contributed by atoms with Gasteiger partial charge in [0.15, 0.2) is 5.69 Å². The normalized spacial score (nSPS) is 19.7. The molecule has 2 atom stereocenters. The molecule has 1 aromatic heterocycles. The van der Waals surface area contributed by atoms with Crippen LogP contribution in [0.4, 0.5) is 5.69 Å². The summed E-state index contributed by atoms with van der Waals surface area (Å²) in [5.74, 6) is -0.212. The zero-order valence-electron chi connectivity index (χ0n) is 13.7. The molecule has 1 aromatic carbocycles. The highest BCUT2D eigenvalue weighted by molar-refractivity contribution is 5.92. The van der Waals surface area contributed by atoms with Gasteiger partial charge in [0.05, 0.1) is 10.6 Å². The first-order chi connectivity index (χ1) is 11.5. The Hall–Kier alpha value is -2.45. The number of rotatable bonds is 4. The number of amides is 1. The van der Waals surface area contributed by atoms with Crippen molar-refractivity contribution in [3.05, 3.63) is 52.3 Å². The number of carbonyl (C=O) groups is 1. The molecule has 0 spiro atoms. The minimum atomic E-state index is -0.453. The van der Waals surface area contributed by atoms with Crippen LogP contribution in [0.1, 0.15) is 30.3 Å². The minimum Gasteiger partial charge on any atom is -0.346 e. The maximum atomic E-state index is 12.3. The molecule has 2 unspecified atom stereocenters. The molecule has 1 aliphatic rings. The number of nitrogens with zero attached hydrogens (tertiary/aromatic N) is 3. The summed E-state index contributed by atoms with van der Waals surface area (Å²) in [5.41, 5.74) is 1.00. The number of benzene rings is 1. The van der Waals surface area contributed by atoms with E-state index in [2.05, 4.69) is 22.7 Å². The summed E-state index contributed by atoms with van der Waals surface area (Å²) in [5, 5.41) is 21.3. The maximum absolute atomic E-state index is 12.3. The highest BCUT2D eigenvalue weighted by atomic mass is 35.5. The van der Waals surface area contributed by atoms with Crippen LogP contribution in [0.15, 0.2) is 36.5 Å². The summed E-state index contributed by atoms with van der Waals surface area (Å²) in [7, 11) is 0. The lowest BCUT2D eigenvalue weighted by molar-refractivity contribution is -0.384. The van der Waals surface area contributed by atoms with Crippen molar-refractivity contribution in [3.63, 3.8) is 0 Å². The van der Waals surface area contributed by atoms with Gasteiger partial charge in [-0.1, -0.05) is 0 Å². The van der Waals surface area contributed by atoms with Crippen LogP contribution in [-0.2, 0) is 0 Å². The molecule has 1 amide bonds. The van der Waals surface area contributed by atoms with Crippen LogP contribution in [0.25, 0.3) is 5.69 Å². The number of piperidine rings is 1. The topological polar surface area (TPSA) is 102 Å². The highest BCUT2D eigenvalue weighted by Gasteiger charge is 2.23. The SMILES string of the molecule is CC1NCCCC1NC(=O)c1ccn(-c2ccc([N+](=O)[O-])cc2)n1.Cl. The lowest BCUT2D eigenvalue weighted by Gasteiger charge is -2.30. The van der Waals surface area contributed by atoms with E-state index in [1.807, 2.05) is 0 Å². The van der Waals surface area contributed by atoms with Gasteiger partial charge < -0.3 is 10.6 Å². The van der Waals surface area contributed by atoms with Crippen LogP contribution < -0.4 is 10.6 Å². The number of nitro benzene ring substituents is 1. The third kappa shape index (κ3) is 4.34. The van der Waals surface area contributed by atoms with Crippen molar-refractivity contribution in [1.82, 2.24) is 20.4 Å². The summed E-state index contributed by atoms with van der Waals surface area (Å²) in [6, 6.07) is 7.98. The van der Waals surface area contributed by atoms with E-state index in [0.717, 1.165) is 19.4 Å². The molecular formula is C16H20ClN5O3. The number of halogens is 1. The number of carbonyl (C=O) groups excluding carboxylic acids is 1. The van der Waals surface area contributed by atoms with E-state index in [1.54, 1.807) is 24.4 Å². The van der Waals surface area contributed by atoms with E-state index >= 15 is 0 Å². The Labute approximate surface area is 151 Å². The average Bonchev–Trinajstić information content (AvgIpc) is 3.07. The zero-order valence-corrected chi connectivity index (χ0v) is 14.5. The standard InChI is InChI=1S/C16H19N5O3.ClH/c1-11-14(3-2-9-17-11)18-16(22)15-8-10-20(19-15)12-4-6-13(7-5-12)21(23)24;/h4-8,10-11,14,17H,2-3,9H2,1H3,(H,18,22);1H. The monoisotopic (exact) mass is 365 g/mol. The first-order valence-corrected chi connectivity index (χ1v) is 7.89. The molecule has 2 N–H and O–H groups in total. The van der Waals surface area contributed by atoms with E-state index in [-0.39, 0.29) is 36.1 Å². The van der Waals surface area contributed by atoms with Crippen molar-refractivity contribution < 1.29 is 9.72 Å². The van der Waals surface area contributed by atoms with Crippen molar-refractivity contribution in [2.45, 2.75) is 31.8 Å². The molecule has 0 bridgehead atoms. The molecule has 2 aromatic rings. The Morgan fingerprint density at radius 1 is 1.36 bits per heavy atom. The van der Waals surface area contributed by atoms with Crippen molar-refractivity contribution in [3.8, 4) is 5.69 Å². The maximum Gasteiger partial charge on any atom is 0.272 e. The quantitative estimate of drug-likeness (QED) is 0.638. The summed E-state index contributed by atoms with van der Waals surface area (Å²) in [6.45, 7) is 3.03. The molecule has 1 saturated heterocycles. The second kappa shape index (κ2) is 8.09. The zero-order chi connectivity index (χ0) is 17.1. The van der Waals surface area contributed by atoms with E-state index in [1.165, 1.54) is 16.8 Å². The lowest BCUT2D eigenvalue weighted by Crippen LogP contribution is -2.52. The Balaban J connectivity index is 0.00000225. The van der Waals surface area contributed by atoms with Crippen LogP contribution in [0.5, 0.6) is 0 Å². The Kier molecular flexibility index (Phi) is 6.11. The molecular weight excluding hydrogens is 346 g/mol. The molecule has 9 heteroatoms. The minimum absolute atomic E-state index is 0. The molecule has 134 valence electrons. The summed E-state index contributed by atoms with van der Waals surface area (Å²) < 4.78 is 1.53. The Bertz CT molecular complexity index is 746.